The molecule has 0 spiro atoms. The molecule has 0 aliphatic heterocycles. The normalized spacial score (nSPS) is 10.8. The van der Waals surface area contributed by atoms with Crippen LogP contribution in [0.4, 0.5) is 0 Å². The molecule has 0 aliphatic carbocycles. The Bertz CT molecular complexity index is 1110. The molecule has 2 aromatic carbocycles. The molecule has 0 aliphatic rings. The fourth-order valence-corrected chi connectivity index (χ4v) is 3.01. The number of carbonyl (C=O) groups excluding carboxylic acids is 1. The van der Waals surface area contributed by atoms with E-state index in [9.17, 15) is 14.4 Å². The van der Waals surface area contributed by atoms with E-state index in [2.05, 4.69) is 10.3 Å². The van der Waals surface area contributed by atoms with Gasteiger partial charge in [0.25, 0.3) is 5.91 Å². The lowest BCUT2D eigenvalue weighted by Crippen LogP contribution is -2.36. The molecule has 0 saturated heterocycles. The third kappa shape index (κ3) is 4.31. The molecule has 1 heterocycles. The number of nitrogens with one attached hydrogen (secondary N) is 2. The lowest BCUT2D eigenvalue weighted by molar-refractivity contribution is 0.0951. The van der Waals surface area contributed by atoms with Crippen LogP contribution in [0.25, 0.3) is 11.0 Å². The van der Waals surface area contributed by atoms with Crippen molar-refractivity contribution in [3.05, 3.63) is 74.3 Å². The molecule has 2 N–H and O–H groups in total. The van der Waals surface area contributed by atoms with Crippen LogP contribution in [0.15, 0.2) is 52.1 Å². The molecule has 0 unspecified atom stereocenters. The minimum atomic E-state index is -0.694. The van der Waals surface area contributed by atoms with Crippen molar-refractivity contribution in [1.29, 1.82) is 0 Å². The zero-order valence-electron chi connectivity index (χ0n) is 16.0. The maximum absolute atomic E-state index is 12.4. The second kappa shape index (κ2) is 8.56. The van der Waals surface area contributed by atoms with Gasteiger partial charge in [-0.15, -0.1) is 0 Å². The zero-order chi connectivity index (χ0) is 20.1. The predicted octanol–water partition coefficient (Wildman–Crippen LogP) is 2.22. The first-order valence-corrected chi connectivity index (χ1v) is 9.24. The van der Waals surface area contributed by atoms with Gasteiger partial charge >= 0.3 is 11.1 Å². The van der Waals surface area contributed by atoms with Crippen molar-refractivity contribution in [2.45, 2.75) is 26.8 Å². The average Bonchev–Trinajstić information content (AvgIpc) is 2.68. The molecule has 0 radical (unpaired) electrons. The third-order valence-corrected chi connectivity index (χ3v) is 4.42. The number of hydrogen-bond donors (Lipinski definition) is 2. The first kappa shape index (κ1) is 19.4. The van der Waals surface area contributed by atoms with E-state index in [0.29, 0.717) is 42.7 Å². The molecule has 28 heavy (non-hydrogen) atoms. The van der Waals surface area contributed by atoms with Gasteiger partial charge in [-0.25, -0.2) is 0 Å². The Hall–Kier alpha value is -3.35. The van der Waals surface area contributed by atoms with Crippen LogP contribution in [-0.2, 0) is 6.54 Å². The summed E-state index contributed by atoms with van der Waals surface area (Å²) in [6, 6.07) is 12.7. The van der Waals surface area contributed by atoms with Gasteiger partial charge in [0.1, 0.15) is 5.75 Å². The van der Waals surface area contributed by atoms with Gasteiger partial charge in [-0.2, -0.15) is 0 Å². The van der Waals surface area contributed by atoms with Crippen molar-refractivity contribution in [3.63, 3.8) is 0 Å². The highest BCUT2D eigenvalue weighted by Gasteiger charge is 2.10. The number of hydrogen-bond acceptors (Lipinski definition) is 4. The molecule has 3 aromatic rings. The lowest BCUT2D eigenvalue weighted by atomic mass is 10.1. The molecule has 0 bridgehead atoms. The molecule has 0 atom stereocenters. The lowest BCUT2D eigenvalue weighted by Gasteiger charge is -2.10. The summed E-state index contributed by atoms with van der Waals surface area (Å²) in [5, 5.41) is 2.84. The third-order valence-electron chi connectivity index (χ3n) is 4.42. The number of benzene rings is 2. The second-order valence-electron chi connectivity index (χ2n) is 6.51. The number of carbonyl (C=O) groups is 1. The number of H-pyrrole nitrogens is 1. The molecule has 3 rings (SSSR count). The topological polar surface area (TPSA) is 93.2 Å². The molecule has 0 fully saturated rings. The Kier molecular flexibility index (Phi) is 5.93. The summed E-state index contributed by atoms with van der Waals surface area (Å²) in [7, 11) is 0. The summed E-state index contributed by atoms with van der Waals surface area (Å²) in [5.41, 5.74) is 1.32. The maximum atomic E-state index is 12.4. The van der Waals surface area contributed by atoms with E-state index in [1.54, 1.807) is 25.1 Å². The SMILES string of the molecule is CCn1c(=O)c(=O)[nH]c2cc(C(=O)NCCCOc3cccc(C)c3)ccc21. The van der Waals surface area contributed by atoms with Crippen LogP contribution >= 0.6 is 0 Å². The highest BCUT2D eigenvalue weighted by molar-refractivity contribution is 5.97. The Labute approximate surface area is 162 Å². The van der Waals surface area contributed by atoms with Crippen LogP contribution in [0, 0.1) is 6.92 Å². The van der Waals surface area contributed by atoms with Crippen molar-refractivity contribution in [3.8, 4) is 5.75 Å². The summed E-state index contributed by atoms with van der Waals surface area (Å²) < 4.78 is 7.05. The number of ether oxygens (including phenoxy) is 1. The standard InChI is InChI=1S/C21H23N3O4/c1-3-24-18-9-8-15(13-17(18)23-20(26)21(24)27)19(25)22-10-5-11-28-16-7-4-6-14(2)12-16/h4,6-9,12-13H,3,5,10-11H2,1-2H3,(H,22,25)(H,23,26). The number of rotatable bonds is 7. The fraction of sp³-hybridized carbons (Fsp3) is 0.286. The Balaban J connectivity index is 1.60. The number of nitrogens with zero attached hydrogens (tertiary/aromatic N) is 1. The van der Waals surface area contributed by atoms with Gasteiger partial charge in [0.2, 0.25) is 0 Å². The minimum Gasteiger partial charge on any atom is -0.494 e. The fourth-order valence-electron chi connectivity index (χ4n) is 3.01. The molecule has 1 amide bonds. The largest absolute Gasteiger partial charge is 0.494 e. The summed E-state index contributed by atoms with van der Waals surface area (Å²) in [5.74, 6) is 0.569. The maximum Gasteiger partial charge on any atom is 0.316 e. The summed E-state index contributed by atoms with van der Waals surface area (Å²) in [4.78, 5) is 38.6. The Morgan fingerprint density at radius 1 is 1.18 bits per heavy atom. The van der Waals surface area contributed by atoms with E-state index in [1.165, 1.54) is 4.57 Å². The van der Waals surface area contributed by atoms with Crippen LogP contribution in [-0.4, -0.2) is 28.6 Å². The second-order valence-corrected chi connectivity index (χ2v) is 6.51. The van der Waals surface area contributed by atoms with Crippen molar-refractivity contribution < 1.29 is 9.53 Å². The van der Waals surface area contributed by atoms with Gasteiger partial charge in [-0.05, 0) is 56.2 Å². The van der Waals surface area contributed by atoms with Crippen LogP contribution < -0.4 is 21.2 Å². The van der Waals surface area contributed by atoms with Gasteiger partial charge < -0.3 is 19.6 Å². The van der Waals surface area contributed by atoms with Crippen molar-refractivity contribution in [2.24, 2.45) is 0 Å². The zero-order valence-corrected chi connectivity index (χ0v) is 16.0. The van der Waals surface area contributed by atoms with Crippen molar-refractivity contribution in [1.82, 2.24) is 14.9 Å². The summed E-state index contributed by atoms with van der Waals surface area (Å²) in [6.07, 6.45) is 0.666. The van der Waals surface area contributed by atoms with Gasteiger partial charge in [0, 0.05) is 18.7 Å². The van der Waals surface area contributed by atoms with E-state index >= 15 is 0 Å². The minimum absolute atomic E-state index is 0.243. The van der Waals surface area contributed by atoms with Crippen LogP contribution in [0.5, 0.6) is 5.75 Å². The molecule has 0 saturated carbocycles. The molecule has 7 nitrogen and oxygen atoms in total. The van der Waals surface area contributed by atoms with E-state index in [4.69, 9.17) is 4.74 Å². The molecular weight excluding hydrogens is 358 g/mol. The Morgan fingerprint density at radius 3 is 2.75 bits per heavy atom. The van der Waals surface area contributed by atoms with Crippen LogP contribution in [0.3, 0.4) is 0 Å². The van der Waals surface area contributed by atoms with Gasteiger partial charge in [-0.1, -0.05) is 12.1 Å². The number of aromatic nitrogens is 2. The molecule has 146 valence electrons. The quantitative estimate of drug-likeness (QED) is 0.485. The van der Waals surface area contributed by atoms with Crippen LogP contribution in [0.1, 0.15) is 29.3 Å². The predicted molar refractivity (Wildman–Crippen MR) is 108 cm³/mol. The number of fused-ring (bicyclic) bond motifs is 1. The molecule has 1 aromatic heterocycles. The van der Waals surface area contributed by atoms with E-state index in [-0.39, 0.29) is 5.91 Å². The monoisotopic (exact) mass is 381 g/mol. The highest BCUT2D eigenvalue weighted by Crippen LogP contribution is 2.13. The average molecular weight is 381 g/mol. The smallest absolute Gasteiger partial charge is 0.316 e. The van der Waals surface area contributed by atoms with Gasteiger partial charge in [0.15, 0.2) is 0 Å². The van der Waals surface area contributed by atoms with Crippen LogP contribution in [0.2, 0.25) is 0 Å². The van der Waals surface area contributed by atoms with E-state index in [1.807, 2.05) is 31.2 Å². The van der Waals surface area contributed by atoms with E-state index < -0.39 is 11.1 Å². The number of amides is 1. The van der Waals surface area contributed by atoms with Crippen molar-refractivity contribution >= 4 is 16.9 Å². The highest BCUT2D eigenvalue weighted by atomic mass is 16.5. The number of aromatic amines is 1. The molecule has 7 heteroatoms. The first-order chi connectivity index (χ1) is 13.5. The number of aryl methyl sites for hydroxylation is 2. The Morgan fingerprint density at radius 2 is 2.00 bits per heavy atom. The summed E-state index contributed by atoms with van der Waals surface area (Å²) >= 11 is 0. The molecular formula is C21H23N3O4. The van der Waals surface area contributed by atoms with Gasteiger partial charge in [0.05, 0.1) is 17.6 Å². The van der Waals surface area contributed by atoms with Gasteiger partial charge in [-0.3, -0.25) is 14.4 Å². The van der Waals surface area contributed by atoms with E-state index in [0.717, 1.165) is 11.3 Å². The summed E-state index contributed by atoms with van der Waals surface area (Å²) in [6.45, 7) is 5.14. The van der Waals surface area contributed by atoms with Crippen molar-refractivity contribution in [2.75, 3.05) is 13.2 Å². The first-order valence-electron chi connectivity index (χ1n) is 9.24.